The van der Waals surface area contributed by atoms with E-state index in [4.69, 9.17) is 40.6 Å². The molecule has 710 valence electrons. The summed E-state index contributed by atoms with van der Waals surface area (Å²) < 4.78 is 23.4. The third-order valence-electron chi connectivity index (χ3n) is 17.2. The van der Waals surface area contributed by atoms with Gasteiger partial charge >= 0.3 is 0 Å². The van der Waals surface area contributed by atoms with Gasteiger partial charge in [-0.15, -0.1) is 61.2 Å². The van der Waals surface area contributed by atoms with E-state index in [1.807, 2.05) is 225 Å². The Balaban J connectivity index is 0.000000144. The van der Waals surface area contributed by atoms with Gasteiger partial charge in [-0.05, 0) is 80.8 Å². The third kappa shape index (κ3) is 29.9. The Hall–Kier alpha value is -17.3. The first-order valence-corrected chi connectivity index (χ1v) is 45.1. The Morgan fingerprint density at radius 3 is 1.01 bits per heavy atom. The average Bonchev–Trinajstić information content (AvgIpc) is 1.68. The molecule has 135 heavy (non-hydrogen) atoms. The van der Waals surface area contributed by atoms with E-state index in [9.17, 15) is 0 Å². The maximum atomic E-state index is 5.52. The van der Waals surface area contributed by atoms with Gasteiger partial charge < -0.3 is 123 Å². The number of aromatic amines is 8. The number of anilines is 30. The fourth-order valence-electron chi connectivity index (χ4n) is 10.1. The molecule has 60 heteroatoms. The summed E-state index contributed by atoms with van der Waals surface area (Å²) in [6.07, 6.45) is 12.9. The Bertz CT molecular complexity index is 6230. The fourth-order valence-corrected chi connectivity index (χ4v) is 13.9. The van der Waals surface area contributed by atoms with Crippen LogP contribution in [-0.2, 0) is 14.1 Å². The molecule has 20 rings (SSSR count). The van der Waals surface area contributed by atoms with E-state index in [0.29, 0.717) is 107 Å². The summed E-state index contributed by atoms with van der Waals surface area (Å²) in [4.78, 5) is 45.8. The van der Waals surface area contributed by atoms with Crippen LogP contribution in [0.3, 0.4) is 0 Å². The Morgan fingerprint density at radius 1 is 0.296 bits per heavy atom. The second-order valence-electron chi connectivity index (χ2n) is 27.0. The summed E-state index contributed by atoms with van der Waals surface area (Å²) in [5.41, 5.74) is 31.4. The molecule has 20 aromatic rings. The molecule has 0 aliphatic heterocycles. The van der Waals surface area contributed by atoms with Crippen molar-refractivity contribution in [3.8, 4) is 0 Å². The molecule has 0 saturated heterocycles. The van der Waals surface area contributed by atoms with E-state index >= 15 is 0 Å². The lowest BCUT2D eigenvalue weighted by molar-refractivity contribution is 0.567. The summed E-state index contributed by atoms with van der Waals surface area (Å²) in [6.45, 7) is 0. The first-order valence-electron chi connectivity index (χ1n) is 39.4. The van der Waals surface area contributed by atoms with Crippen molar-refractivity contribution in [1.82, 2.24) is 151 Å². The highest BCUT2D eigenvalue weighted by Crippen LogP contribution is 2.29. The Labute approximate surface area is 793 Å². The van der Waals surface area contributed by atoms with Crippen molar-refractivity contribution in [3.63, 3.8) is 0 Å². The molecule has 25 N–H and O–H groups in total. The van der Waals surface area contributed by atoms with Crippen LogP contribution in [-0.4, -0.2) is 243 Å². The molecule has 0 aliphatic rings. The van der Waals surface area contributed by atoms with Crippen molar-refractivity contribution in [1.29, 1.82) is 0 Å². The first-order chi connectivity index (χ1) is 65.4. The molecule has 0 saturated carbocycles. The lowest BCUT2D eigenvalue weighted by atomic mass is 10.5. The van der Waals surface area contributed by atoms with Crippen LogP contribution < -0.4 is 105 Å². The molecule has 0 aromatic carbocycles. The van der Waals surface area contributed by atoms with E-state index in [0.717, 1.165) is 68.8 Å². The lowest BCUT2D eigenvalue weighted by Gasteiger charge is -2.15. The van der Waals surface area contributed by atoms with Crippen LogP contribution in [0.5, 0.6) is 0 Å². The molecule has 20 aromatic heterocycles. The van der Waals surface area contributed by atoms with Gasteiger partial charge in [-0.2, -0.15) is 108 Å². The maximum Gasteiger partial charge on any atom is 0.250 e. The van der Waals surface area contributed by atoms with Crippen molar-refractivity contribution in [3.05, 3.63) is 175 Å². The number of nitrogens with one attached hydrogen (secondary N) is 17. The van der Waals surface area contributed by atoms with Gasteiger partial charge in [-0.1, -0.05) is 0 Å². The highest BCUT2D eigenvalue weighted by molar-refractivity contribution is 7.09. The summed E-state index contributed by atoms with van der Waals surface area (Å²) in [5, 5.41) is 120. The van der Waals surface area contributed by atoms with E-state index in [2.05, 4.69) is 201 Å². The van der Waals surface area contributed by atoms with Crippen LogP contribution in [0.25, 0.3) is 0 Å². The molecule has 0 spiro atoms. The van der Waals surface area contributed by atoms with Gasteiger partial charge in [0.25, 0.3) is 23.8 Å². The molecule has 0 fully saturated rings. The summed E-state index contributed by atoms with van der Waals surface area (Å²) in [5.74, 6) is 11.4. The number of nitrogen functional groups attached to an aromatic ring is 4. The standard InChI is InChI=1S/C9H13N5S.4C8H11N5O.4C7H9N5S.C6H7N5S/c1-10-8-11-12-9(14(8)3)13(2)7-4-5-15-6-7;2*1-13(2)8-10-7(11-12-8)9-6-3-4-14-5-6;2*1-9-7-10-8(12-11-7)13(2)6-3-4-14-5-6;2*1-12(5-2-3-13-4-5)7-9-6(8)10-11-7;1-12-6(8)10-11-7(12)9-5-2-3-13-4-5;1-8-6-10-7(12-11-6)9-5-2-3-13-4-5;7-5-9-6(11-10-5)8-4-1-2-12-3-4/h4-6H,1-3H3,(H,10,11);4*3-5H,1-2H3,(H2,9,10,11,12);2*2-4H,1H3,(H3,8,9,10,11);2-4H,1H3,(H2,8,10)(H,9,11);2-4H,1H3,(H3,8,9,10,11,12);1-3H,(H4,7,8,9,10,11). The Morgan fingerprint density at radius 2 is 0.659 bits per heavy atom. The van der Waals surface area contributed by atoms with Crippen molar-refractivity contribution in [2.75, 3.05) is 197 Å². The Kier molecular flexibility index (Phi) is 36.4. The summed E-state index contributed by atoms with van der Waals surface area (Å²) in [6, 6.07) is 19.2. The SMILES string of the molecule is CN(C)c1n[nH]c(Nc2ccoc2)n1.CN(C)c1n[nH]c(Nc2ccoc2)n1.CN(c1ccsc1)c1n[nH]c(N)n1.CN(c1ccsc1)c1n[nH]c(N)n1.CNc1n[nH]c(Nc2ccsc2)n1.CNc1nc(N(C)c2ccoc2)n[nH]1.CNc1nc(N(C)c2ccoc2)n[nH]1.CNc1nnc(N(C)c2ccsc2)n1C.Cn1c(N)nnc1Nc1ccsc1.Nc1nc(Nc2ccsc2)n[nH]1. The molecular formula is C75H100N50O4S6. The number of furan rings is 4. The zero-order valence-electron chi connectivity index (χ0n) is 75.2. The quantitative estimate of drug-likeness (QED) is 0.0239. The monoisotopic (exact) mass is 1960 g/mol. The average molecular weight is 1960 g/mol. The highest BCUT2D eigenvalue weighted by atomic mass is 32.1. The van der Waals surface area contributed by atoms with E-state index in [-0.39, 0.29) is 0 Å². The zero-order valence-corrected chi connectivity index (χ0v) is 80.1. The second-order valence-corrected chi connectivity index (χ2v) is 31.7. The van der Waals surface area contributed by atoms with Crippen molar-refractivity contribution >= 4 is 244 Å². The molecule has 0 unspecified atom stereocenters. The van der Waals surface area contributed by atoms with Crippen LogP contribution in [0.1, 0.15) is 0 Å². The van der Waals surface area contributed by atoms with E-state index < -0.39 is 0 Å². The van der Waals surface area contributed by atoms with Crippen LogP contribution in [0.15, 0.2) is 193 Å². The third-order valence-corrected chi connectivity index (χ3v) is 21.3. The largest absolute Gasteiger partial charge is 0.470 e. The van der Waals surface area contributed by atoms with Gasteiger partial charge in [0.05, 0.1) is 81.9 Å². The number of rotatable bonds is 26. The number of nitrogens with two attached hydrogens (primary N) is 4. The zero-order chi connectivity index (χ0) is 96.0. The molecule has 0 amide bonds. The van der Waals surface area contributed by atoms with Crippen LogP contribution in [0.4, 0.5) is 176 Å². The van der Waals surface area contributed by atoms with Gasteiger partial charge in [0.2, 0.25) is 95.2 Å². The number of nitrogens with zero attached hydrogens (tertiary/aromatic N) is 29. The number of thiophene rings is 6. The van der Waals surface area contributed by atoms with Crippen LogP contribution >= 0.6 is 68.0 Å². The summed E-state index contributed by atoms with van der Waals surface area (Å²) in [7, 11) is 27.9. The molecular weight excluding hydrogens is 1860 g/mol. The lowest BCUT2D eigenvalue weighted by Crippen LogP contribution is -2.14. The predicted molar refractivity (Wildman–Crippen MR) is 535 cm³/mol. The minimum absolute atomic E-state index is 0.313. The minimum Gasteiger partial charge on any atom is -0.470 e. The number of hydrogen-bond acceptors (Lipinski definition) is 50. The molecule has 0 aliphatic carbocycles. The van der Waals surface area contributed by atoms with Crippen molar-refractivity contribution in [2.24, 2.45) is 14.1 Å². The molecule has 0 atom stereocenters. The highest BCUT2D eigenvalue weighted by Gasteiger charge is 2.17. The van der Waals surface area contributed by atoms with Gasteiger partial charge in [-0.3, -0.25) is 9.13 Å². The van der Waals surface area contributed by atoms with Crippen molar-refractivity contribution in [2.45, 2.75) is 0 Å². The smallest absolute Gasteiger partial charge is 0.250 e. The minimum atomic E-state index is 0.313. The molecule has 0 bridgehead atoms. The maximum absolute atomic E-state index is 5.52. The first kappa shape index (κ1) is 98.3. The molecule has 0 radical (unpaired) electrons. The van der Waals surface area contributed by atoms with Gasteiger partial charge in [0.1, 0.15) is 25.1 Å². The number of hydrogen-bond donors (Lipinski definition) is 21. The number of H-pyrrole nitrogens is 8. The molecule has 20 heterocycles. The summed E-state index contributed by atoms with van der Waals surface area (Å²) >= 11 is 9.79. The number of aromatic nitrogens is 30. The van der Waals surface area contributed by atoms with E-state index in [1.54, 1.807) is 156 Å². The van der Waals surface area contributed by atoms with Crippen molar-refractivity contribution < 1.29 is 17.7 Å². The topological polar surface area (TPSA) is 682 Å². The normalized spacial score (nSPS) is 10.2. The van der Waals surface area contributed by atoms with Gasteiger partial charge in [0, 0.05) is 150 Å². The predicted octanol–water partition coefficient (Wildman–Crippen LogP) is 13.0. The van der Waals surface area contributed by atoms with Crippen LogP contribution in [0.2, 0.25) is 0 Å². The van der Waals surface area contributed by atoms with E-state index in [1.165, 1.54) is 0 Å². The second kappa shape index (κ2) is 50.0. The van der Waals surface area contributed by atoms with Crippen LogP contribution in [0, 0.1) is 0 Å². The fraction of sp³-hybridized carbons (Fsp3) is 0.200. The molecule has 54 nitrogen and oxygen atoms in total. The van der Waals surface area contributed by atoms with Gasteiger partial charge in [-0.25, -0.2) is 40.8 Å². The van der Waals surface area contributed by atoms with Gasteiger partial charge in [0.15, 0.2) is 0 Å².